The van der Waals surface area contributed by atoms with Crippen LogP contribution in [0.5, 0.6) is 17.2 Å². The van der Waals surface area contributed by atoms with Gasteiger partial charge in [0.05, 0.1) is 28.5 Å². The number of ether oxygens (including phenoxy) is 2. The molecule has 0 amide bonds. The first-order valence-corrected chi connectivity index (χ1v) is 30.7. The second-order valence-electron chi connectivity index (χ2n) is 22.0. The molecule has 5 aliphatic carbocycles. The van der Waals surface area contributed by atoms with E-state index >= 15 is 0 Å². The van der Waals surface area contributed by atoms with Crippen molar-refractivity contribution < 1.29 is 85.7 Å². The van der Waals surface area contributed by atoms with E-state index < -0.39 is 21.7 Å². The van der Waals surface area contributed by atoms with Gasteiger partial charge in [-0.1, -0.05) is 90.9 Å². The van der Waals surface area contributed by atoms with Crippen LogP contribution in [-0.4, -0.2) is 110 Å². The molecule has 0 radical (unpaired) electrons. The Morgan fingerprint density at radius 3 is 1.29 bits per heavy atom. The molecule has 3 aromatic rings. The van der Waals surface area contributed by atoms with Crippen LogP contribution >= 0.6 is 15.9 Å². The Morgan fingerprint density at radius 1 is 0.571 bits per heavy atom. The number of rotatable bonds is 16. The molecule has 7 aliphatic rings. The minimum absolute atomic E-state index is 0. The molecule has 0 spiro atoms. The maximum absolute atomic E-state index is 11.9. The normalized spacial score (nSPS) is 20.7. The number of Topliss-reactive ketones (excluding diaryl/α,β-unsaturated/α-hetero) is 3. The summed E-state index contributed by atoms with van der Waals surface area (Å²) < 4.78 is 72.7. The number of nitrogens with zero attached hydrogens (tertiary/aromatic N) is 2. The first-order chi connectivity index (χ1) is 36.3. The third-order valence-corrected chi connectivity index (χ3v) is 17.9. The maximum atomic E-state index is 11.9. The van der Waals surface area contributed by atoms with Crippen LogP contribution < -0.4 is 39.0 Å². The van der Waals surface area contributed by atoms with Crippen molar-refractivity contribution in [1.29, 1.82) is 0 Å². The molecule has 10 rings (SSSR count). The van der Waals surface area contributed by atoms with Crippen molar-refractivity contribution in [2.75, 3.05) is 51.2 Å². The van der Waals surface area contributed by atoms with Crippen molar-refractivity contribution in [2.24, 2.45) is 0 Å². The summed E-state index contributed by atoms with van der Waals surface area (Å²) in [7, 11) is -5.40. The molecule has 3 aromatic carbocycles. The van der Waals surface area contributed by atoms with Crippen LogP contribution in [0, 0.1) is 0 Å². The smallest absolute Gasteiger partial charge is 1.00 e. The number of benzene rings is 3. The number of phenolic OH excluding ortho intramolecular Hbond substituents is 1. The summed E-state index contributed by atoms with van der Waals surface area (Å²) in [5.41, 5.74) is -2.50. The molecule has 0 atom stereocenters. The van der Waals surface area contributed by atoms with E-state index in [4.69, 9.17) is 14.6 Å². The summed E-state index contributed by atoms with van der Waals surface area (Å²) >= 11 is 3.44. The molecule has 2 saturated heterocycles. The second-order valence-corrected chi connectivity index (χ2v) is 24.3. The average molecular weight is 1170 g/mol. The van der Waals surface area contributed by atoms with E-state index in [1.165, 1.54) is 103 Å². The van der Waals surface area contributed by atoms with Gasteiger partial charge in [-0.3, -0.25) is 23.5 Å². The molecular formula is C60H85BrF3N2NaO9S. The first kappa shape index (κ1) is 65.0. The van der Waals surface area contributed by atoms with Crippen molar-refractivity contribution in [1.82, 2.24) is 9.80 Å². The number of aromatic hydroxyl groups is 1. The molecule has 1 N–H and O–H groups in total. The quantitative estimate of drug-likeness (QED) is 0.0635. The zero-order valence-electron chi connectivity index (χ0n) is 47.3. The molecule has 11 nitrogen and oxygen atoms in total. The number of likely N-dealkylation sites (tertiary alicyclic amines) is 2. The van der Waals surface area contributed by atoms with Crippen molar-refractivity contribution in [3.63, 3.8) is 0 Å². The van der Waals surface area contributed by atoms with Crippen LogP contribution in [0.3, 0.4) is 0 Å². The Bertz CT molecular complexity index is 2380. The van der Waals surface area contributed by atoms with Crippen LogP contribution in [0.4, 0.5) is 13.2 Å². The van der Waals surface area contributed by atoms with Gasteiger partial charge in [0.1, 0.15) is 41.2 Å². The number of phenols is 1. The molecule has 17 heteroatoms. The first-order valence-electron chi connectivity index (χ1n) is 28.2. The molecule has 0 aromatic heterocycles. The topological polar surface area (TPSA) is 140 Å². The Labute approximate surface area is 489 Å². The van der Waals surface area contributed by atoms with Gasteiger partial charge in [0, 0.05) is 18.4 Å². The van der Waals surface area contributed by atoms with Gasteiger partial charge in [0.15, 0.2) is 0 Å². The van der Waals surface area contributed by atoms with E-state index in [2.05, 4.69) is 54.2 Å². The Hall–Kier alpha value is -2.83. The van der Waals surface area contributed by atoms with Crippen LogP contribution in [0.25, 0.3) is 0 Å². The Morgan fingerprint density at radius 2 is 0.922 bits per heavy atom. The van der Waals surface area contributed by atoms with E-state index in [0.717, 1.165) is 104 Å². The maximum Gasteiger partial charge on any atom is 1.00 e. The predicted octanol–water partition coefficient (Wildman–Crippen LogP) is 10.4. The van der Waals surface area contributed by atoms with Gasteiger partial charge in [-0.25, -0.2) is 0 Å². The molecule has 0 bridgehead atoms. The molecule has 424 valence electrons. The van der Waals surface area contributed by atoms with Gasteiger partial charge in [-0.15, -0.1) is 0 Å². The van der Waals surface area contributed by atoms with Crippen LogP contribution in [-0.2, 0) is 44.9 Å². The van der Waals surface area contributed by atoms with Crippen molar-refractivity contribution >= 4 is 43.4 Å². The van der Waals surface area contributed by atoms with Crippen LogP contribution in [0.15, 0.2) is 72.8 Å². The molecule has 77 heavy (non-hydrogen) atoms. The van der Waals surface area contributed by atoms with E-state index in [1.807, 2.05) is 36.4 Å². The number of alkyl halides is 4. The number of halogens is 4. The summed E-state index contributed by atoms with van der Waals surface area (Å²) in [4.78, 5) is 39.8. The SMILES string of the molecule is BrCCN1CCCCC1.CC(=O)C1(c2ccc(O)cc2)CC1.CC(=O)C1(c2ccc(OC3CCCCC3)cc2)CC1.CC(=O)C1(c2ccc(OCCN3CCCCC3)cc2)CC1.O=S(=O)(OC1CCCCC1)C(F)(F)F.[H-].[Na+]. The van der Waals surface area contributed by atoms with E-state index in [0.29, 0.717) is 30.5 Å². The van der Waals surface area contributed by atoms with Crippen molar-refractivity contribution in [3.8, 4) is 17.2 Å². The van der Waals surface area contributed by atoms with Gasteiger partial charge in [-0.2, -0.15) is 21.6 Å². The minimum atomic E-state index is -5.40. The van der Waals surface area contributed by atoms with Gasteiger partial charge in [0.2, 0.25) is 0 Å². The monoisotopic (exact) mass is 1170 g/mol. The number of ketones is 3. The molecule has 5 saturated carbocycles. The van der Waals surface area contributed by atoms with E-state index in [-0.39, 0.29) is 58.8 Å². The Balaban J connectivity index is 0.000000214. The van der Waals surface area contributed by atoms with Gasteiger partial charge in [0.25, 0.3) is 0 Å². The van der Waals surface area contributed by atoms with Crippen molar-refractivity contribution in [2.45, 2.75) is 196 Å². The van der Waals surface area contributed by atoms with Gasteiger partial charge >= 0.3 is 45.2 Å². The van der Waals surface area contributed by atoms with Crippen LogP contribution in [0.2, 0.25) is 0 Å². The molecule has 2 aliphatic heterocycles. The second kappa shape index (κ2) is 30.8. The zero-order chi connectivity index (χ0) is 54.8. The number of hydrogen-bond donors (Lipinski definition) is 1. The fourth-order valence-electron chi connectivity index (χ4n) is 11.0. The number of carbonyl (C=O) groups excluding carboxylic acids is 3. The summed E-state index contributed by atoms with van der Waals surface area (Å²) in [6, 6.07) is 23.3. The largest absolute Gasteiger partial charge is 1.00 e. The molecule has 2 heterocycles. The zero-order valence-corrected chi connectivity index (χ0v) is 50.7. The summed E-state index contributed by atoms with van der Waals surface area (Å²) in [5, 5.41) is 10.2. The van der Waals surface area contributed by atoms with Crippen molar-refractivity contribution in [3.05, 3.63) is 89.5 Å². The molecule has 0 unspecified atom stereocenters. The average Bonchev–Trinajstić information content (AvgIpc) is 4.35. The number of piperidine rings is 2. The Kier molecular flexibility index (Phi) is 26.0. The summed E-state index contributed by atoms with van der Waals surface area (Å²) in [6.45, 7) is 13.1. The summed E-state index contributed by atoms with van der Waals surface area (Å²) in [5.74, 6) is 2.95. The fraction of sp³-hybridized carbons (Fsp3) is 0.650. The van der Waals surface area contributed by atoms with Gasteiger partial charge < -0.3 is 20.9 Å². The number of carbonyl (C=O) groups is 3. The predicted molar refractivity (Wildman–Crippen MR) is 297 cm³/mol. The van der Waals surface area contributed by atoms with E-state index in [1.54, 1.807) is 32.9 Å². The third kappa shape index (κ3) is 19.7. The number of hydrogen-bond acceptors (Lipinski definition) is 11. The summed E-state index contributed by atoms with van der Waals surface area (Å²) in [6.07, 6.45) is 23.2. The van der Waals surface area contributed by atoms with Gasteiger partial charge in [-0.05, 0) is 203 Å². The minimum Gasteiger partial charge on any atom is -1.00 e. The molecular weight excluding hydrogens is 1080 g/mol. The van der Waals surface area contributed by atoms with Crippen LogP contribution in [0.1, 0.15) is 180 Å². The van der Waals surface area contributed by atoms with E-state index in [9.17, 15) is 36.0 Å². The molecule has 7 fully saturated rings. The third-order valence-electron chi connectivity index (χ3n) is 16.4. The standard InChI is InChI=1S/C18H25NO2.C17H22O2.C11H12O2.C7H14BrN.C7H11F3O3S.Na.H/c1-15(20)18(9-10-18)16-5-7-17(8-6-16)21-14-13-19-11-3-2-4-12-19;1-13(18)17(11-12-17)14-7-9-16(10-8-14)19-15-5-3-2-4-6-15;1-8(12)11(6-7-11)9-2-4-10(13)5-3-9;8-4-7-9-5-2-1-3-6-9;8-7(9,10)14(11,12)13-6-4-2-1-3-5-6;;/h5-8H,2-4,9-14H2,1H3;7-10,15H,2-6,11-12H2,1H3;2-5,13H,6-7H2,1H3;1-7H2;6H,1-5H2;;/q;;;;;+1;-1. The fourth-order valence-corrected chi connectivity index (χ4v) is 12.1.